The first-order valence-electron chi connectivity index (χ1n) is 17.5. The van der Waals surface area contributed by atoms with E-state index in [1.165, 1.54) is 12.4 Å². The van der Waals surface area contributed by atoms with Gasteiger partial charge in [0.1, 0.15) is 12.7 Å². The summed E-state index contributed by atoms with van der Waals surface area (Å²) in [5.74, 6) is -2.85. The van der Waals surface area contributed by atoms with Crippen molar-refractivity contribution in [2.24, 2.45) is 5.41 Å². The van der Waals surface area contributed by atoms with Crippen molar-refractivity contribution in [2.45, 2.75) is 108 Å². The summed E-state index contributed by atoms with van der Waals surface area (Å²) in [4.78, 5) is 15.8. The van der Waals surface area contributed by atoms with E-state index in [0.717, 1.165) is 24.3 Å². The third-order valence-electron chi connectivity index (χ3n) is 10.5. The Kier molecular flexibility index (Phi) is 10.6. The maximum Gasteiger partial charge on any atom is 0.416 e. The summed E-state index contributed by atoms with van der Waals surface area (Å²) >= 11 is 0. The summed E-state index contributed by atoms with van der Waals surface area (Å²) in [5.41, 5.74) is 1.01. The molecule has 8 nitrogen and oxygen atoms in total. The second-order valence-electron chi connectivity index (χ2n) is 15.0. The van der Waals surface area contributed by atoms with Gasteiger partial charge in [0.2, 0.25) is 11.9 Å². The highest BCUT2D eigenvalue weighted by Gasteiger charge is 2.44. The van der Waals surface area contributed by atoms with E-state index in [2.05, 4.69) is 9.97 Å². The van der Waals surface area contributed by atoms with E-state index in [-0.39, 0.29) is 54.7 Å². The van der Waals surface area contributed by atoms with Crippen molar-refractivity contribution in [1.29, 1.82) is 0 Å². The van der Waals surface area contributed by atoms with E-state index in [0.29, 0.717) is 73.0 Å². The maximum atomic E-state index is 17.2. The zero-order chi connectivity index (χ0) is 36.7. The number of pyridine rings is 1. The molecule has 1 unspecified atom stereocenters. The standard InChI is InChI=1S/C37H44F6N4O4/c1-35(2)15-27-30(28(50)16-35)29(21-7-11-36(39,40)12-8-21)31(32(38)22-3-5-24(6-4-22)37(41,42)43)33(46-27)23-9-13-47(14-10-23)34-44-17-26(18-45-34)51-20-25(49)19-48/h3-6,17-18,21,23,25,28,32,48-50H,7-16,19-20H2,1-2H3/t25-,28+,32?/m1/s1. The predicted molar refractivity (Wildman–Crippen MR) is 177 cm³/mol. The summed E-state index contributed by atoms with van der Waals surface area (Å²) in [7, 11) is 0. The minimum absolute atomic E-state index is 0.00123. The van der Waals surface area contributed by atoms with Crippen LogP contribution in [0.15, 0.2) is 36.7 Å². The van der Waals surface area contributed by atoms with Crippen LogP contribution in [-0.4, -0.2) is 68.6 Å². The summed E-state index contributed by atoms with van der Waals surface area (Å²) in [5, 5.41) is 30.1. The molecule has 3 aliphatic rings. The zero-order valence-corrected chi connectivity index (χ0v) is 28.6. The number of hydrogen-bond donors (Lipinski definition) is 3. The van der Waals surface area contributed by atoms with Gasteiger partial charge < -0.3 is 25.0 Å². The van der Waals surface area contributed by atoms with Gasteiger partial charge in [-0.3, -0.25) is 4.98 Å². The van der Waals surface area contributed by atoms with E-state index < -0.39 is 48.6 Å². The number of piperidine rings is 1. The number of hydrogen-bond acceptors (Lipinski definition) is 8. The lowest BCUT2D eigenvalue weighted by Gasteiger charge is -2.41. The van der Waals surface area contributed by atoms with Crippen LogP contribution < -0.4 is 9.64 Å². The number of benzene rings is 1. The molecule has 1 aromatic carbocycles. The third-order valence-corrected chi connectivity index (χ3v) is 10.5. The molecule has 14 heteroatoms. The lowest BCUT2D eigenvalue weighted by molar-refractivity contribution is -0.137. The molecule has 51 heavy (non-hydrogen) atoms. The first-order chi connectivity index (χ1) is 24.0. The number of aromatic nitrogens is 3. The number of nitrogens with zero attached hydrogens (tertiary/aromatic N) is 4. The molecule has 3 atom stereocenters. The molecule has 3 aromatic rings. The van der Waals surface area contributed by atoms with E-state index in [1.54, 1.807) is 0 Å². The molecule has 278 valence electrons. The molecular formula is C37H44F6N4O4. The average Bonchev–Trinajstić information content (AvgIpc) is 3.09. The number of aliphatic hydroxyl groups excluding tert-OH is 3. The van der Waals surface area contributed by atoms with Gasteiger partial charge in [0.25, 0.3) is 0 Å². The quantitative estimate of drug-likeness (QED) is 0.197. The van der Waals surface area contributed by atoms with Crippen LogP contribution in [0.25, 0.3) is 0 Å². The first kappa shape index (κ1) is 37.3. The molecule has 0 amide bonds. The van der Waals surface area contributed by atoms with Crippen LogP contribution in [0.5, 0.6) is 5.75 Å². The smallest absolute Gasteiger partial charge is 0.416 e. The van der Waals surface area contributed by atoms with Crippen LogP contribution in [0.3, 0.4) is 0 Å². The minimum Gasteiger partial charge on any atom is -0.488 e. The number of rotatable bonds is 9. The Morgan fingerprint density at radius 2 is 1.59 bits per heavy atom. The molecule has 0 radical (unpaired) electrons. The number of anilines is 1. The van der Waals surface area contributed by atoms with Gasteiger partial charge in [-0.05, 0) is 73.1 Å². The summed E-state index contributed by atoms with van der Waals surface area (Å²) in [6, 6.07) is 3.92. The Hall–Kier alpha value is -3.49. The Morgan fingerprint density at radius 1 is 0.961 bits per heavy atom. The van der Waals surface area contributed by atoms with E-state index in [9.17, 15) is 32.2 Å². The van der Waals surface area contributed by atoms with Gasteiger partial charge in [0, 0.05) is 48.7 Å². The molecule has 3 N–H and O–H groups in total. The van der Waals surface area contributed by atoms with Crippen molar-refractivity contribution in [3.63, 3.8) is 0 Å². The Bertz CT molecular complexity index is 1650. The Morgan fingerprint density at radius 3 is 2.18 bits per heavy atom. The second kappa shape index (κ2) is 14.5. The van der Waals surface area contributed by atoms with E-state index in [4.69, 9.17) is 14.8 Å². The van der Waals surface area contributed by atoms with Gasteiger partial charge >= 0.3 is 6.18 Å². The van der Waals surface area contributed by atoms with Crippen LogP contribution in [-0.2, 0) is 12.6 Å². The number of fused-ring (bicyclic) bond motifs is 1. The molecule has 2 aliphatic carbocycles. The molecule has 1 aliphatic heterocycles. The lowest BCUT2D eigenvalue weighted by Crippen LogP contribution is -2.36. The van der Waals surface area contributed by atoms with Crippen molar-refractivity contribution >= 4 is 5.95 Å². The molecule has 0 bridgehead atoms. The number of halogens is 6. The van der Waals surface area contributed by atoms with Crippen LogP contribution in [0.2, 0.25) is 0 Å². The third kappa shape index (κ3) is 8.28. The maximum absolute atomic E-state index is 17.2. The summed E-state index contributed by atoms with van der Waals surface area (Å²) in [6.45, 7) is 4.41. The van der Waals surface area contributed by atoms with Gasteiger partial charge in [-0.15, -0.1) is 0 Å². The highest BCUT2D eigenvalue weighted by molar-refractivity contribution is 5.51. The second-order valence-corrected chi connectivity index (χ2v) is 15.0. The van der Waals surface area contributed by atoms with Crippen LogP contribution in [0.4, 0.5) is 32.3 Å². The summed E-state index contributed by atoms with van der Waals surface area (Å²) in [6.07, 6.45) is -4.33. The largest absolute Gasteiger partial charge is 0.488 e. The zero-order valence-electron chi connectivity index (χ0n) is 28.6. The first-order valence-corrected chi connectivity index (χ1v) is 17.5. The van der Waals surface area contributed by atoms with Gasteiger partial charge in [0.05, 0.1) is 36.4 Å². The normalized spacial score (nSPS) is 22.3. The van der Waals surface area contributed by atoms with Gasteiger partial charge in [-0.1, -0.05) is 26.0 Å². The molecule has 1 saturated heterocycles. The lowest BCUT2D eigenvalue weighted by atomic mass is 9.68. The van der Waals surface area contributed by atoms with Crippen molar-refractivity contribution in [2.75, 3.05) is 31.2 Å². The SMILES string of the molecule is CC1(C)Cc2nc(C3CCN(c4ncc(OC[C@H](O)CO)cn4)CC3)c(C(F)c3ccc(C(F)(F)F)cc3)c(C3CCC(F)(F)CC3)c2[C@@H](O)C1. The average molecular weight is 723 g/mol. The summed E-state index contributed by atoms with van der Waals surface area (Å²) < 4.78 is 91.8. The number of aliphatic hydroxyl groups is 3. The minimum atomic E-state index is -4.61. The van der Waals surface area contributed by atoms with Crippen molar-refractivity contribution in [3.8, 4) is 5.75 Å². The van der Waals surface area contributed by atoms with Crippen LogP contribution in [0.1, 0.15) is 122 Å². The molecule has 6 rings (SSSR count). The van der Waals surface area contributed by atoms with Gasteiger partial charge in [0.15, 0.2) is 11.9 Å². The Balaban J connectivity index is 1.38. The highest BCUT2D eigenvalue weighted by Crippen LogP contribution is 2.52. The van der Waals surface area contributed by atoms with Gasteiger partial charge in [-0.25, -0.2) is 23.1 Å². The molecule has 2 aromatic heterocycles. The highest BCUT2D eigenvalue weighted by atomic mass is 19.4. The van der Waals surface area contributed by atoms with E-state index in [1.807, 2.05) is 18.7 Å². The molecular weight excluding hydrogens is 678 g/mol. The topological polar surface area (TPSA) is 112 Å². The predicted octanol–water partition coefficient (Wildman–Crippen LogP) is 7.36. The van der Waals surface area contributed by atoms with Gasteiger partial charge in [-0.2, -0.15) is 13.2 Å². The number of ether oxygens (including phenoxy) is 1. The molecule has 2 fully saturated rings. The molecule has 1 saturated carbocycles. The van der Waals surface area contributed by atoms with E-state index >= 15 is 4.39 Å². The fourth-order valence-corrected chi connectivity index (χ4v) is 7.86. The van der Waals surface area contributed by atoms with Crippen LogP contribution >= 0.6 is 0 Å². The van der Waals surface area contributed by atoms with Crippen molar-refractivity contribution < 1.29 is 46.4 Å². The van der Waals surface area contributed by atoms with Crippen molar-refractivity contribution in [3.05, 3.63) is 75.9 Å². The molecule has 0 spiro atoms. The number of alkyl halides is 6. The Labute approximate surface area is 292 Å². The molecule has 3 heterocycles. The monoisotopic (exact) mass is 722 g/mol. The fourth-order valence-electron chi connectivity index (χ4n) is 7.86. The van der Waals surface area contributed by atoms with Crippen molar-refractivity contribution in [1.82, 2.24) is 15.0 Å². The fraction of sp³-hybridized carbons (Fsp3) is 0.595. The van der Waals surface area contributed by atoms with Crippen LogP contribution in [0, 0.1) is 5.41 Å².